The van der Waals surface area contributed by atoms with Gasteiger partial charge in [0.05, 0.1) is 18.3 Å². The number of carbonyl (C=O) groups is 1. The fraction of sp³-hybridized carbons (Fsp3) is 0.545. The molecule has 0 fully saturated rings. The highest BCUT2D eigenvalue weighted by Crippen LogP contribution is 1.95. The van der Waals surface area contributed by atoms with Crippen molar-refractivity contribution in [3.05, 3.63) is 23.8 Å². The Morgan fingerprint density at radius 3 is 3.06 bits per heavy atom. The molecule has 1 atom stereocenters. The van der Waals surface area contributed by atoms with E-state index in [4.69, 9.17) is 10.5 Å². The number of amides is 1. The van der Waals surface area contributed by atoms with Crippen LogP contribution in [-0.4, -0.2) is 35.6 Å². The number of hydrogen-bond donors (Lipinski definition) is 2. The zero-order valence-corrected chi connectivity index (χ0v) is 10.1. The molecule has 17 heavy (non-hydrogen) atoms. The molecule has 1 aromatic rings. The second kappa shape index (κ2) is 6.93. The monoisotopic (exact) mass is 238 g/mol. The maximum Gasteiger partial charge on any atom is 0.237 e. The summed E-state index contributed by atoms with van der Waals surface area (Å²) in [6, 6.07) is 1.21. The SMILES string of the molecule is COCCC(N)C(=O)NCc1ccnc(C)n1. The predicted molar refractivity (Wildman–Crippen MR) is 63.1 cm³/mol. The zero-order valence-electron chi connectivity index (χ0n) is 10.1. The van der Waals surface area contributed by atoms with Crippen LogP contribution in [0.1, 0.15) is 17.9 Å². The Bertz CT molecular complexity index is 370. The van der Waals surface area contributed by atoms with Crippen LogP contribution in [0, 0.1) is 6.92 Å². The van der Waals surface area contributed by atoms with Crippen molar-refractivity contribution in [2.24, 2.45) is 5.73 Å². The Morgan fingerprint density at radius 1 is 1.65 bits per heavy atom. The minimum absolute atomic E-state index is 0.196. The second-order valence-electron chi connectivity index (χ2n) is 3.70. The molecule has 0 aliphatic heterocycles. The van der Waals surface area contributed by atoms with E-state index in [2.05, 4.69) is 15.3 Å². The molecule has 0 aliphatic carbocycles. The number of methoxy groups -OCH3 is 1. The Balaban J connectivity index is 2.37. The number of nitrogens with two attached hydrogens (primary N) is 1. The molecule has 0 saturated carbocycles. The van der Waals surface area contributed by atoms with E-state index in [9.17, 15) is 4.79 Å². The van der Waals surface area contributed by atoms with Gasteiger partial charge in [-0.3, -0.25) is 4.79 Å². The van der Waals surface area contributed by atoms with Gasteiger partial charge in [-0.15, -0.1) is 0 Å². The van der Waals surface area contributed by atoms with Crippen molar-refractivity contribution in [3.8, 4) is 0 Å². The minimum atomic E-state index is -0.544. The number of rotatable bonds is 6. The summed E-state index contributed by atoms with van der Waals surface area (Å²) in [5.41, 5.74) is 6.44. The molecular formula is C11H18N4O2. The molecular weight excluding hydrogens is 220 g/mol. The molecule has 1 unspecified atom stereocenters. The molecule has 1 aromatic heterocycles. The van der Waals surface area contributed by atoms with E-state index in [0.717, 1.165) is 5.69 Å². The van der Waals surface area contributed by atoms with Crippen molar-refractivity contribution < 1.29 is 9.53 Å². The van der Waals surface area contributed by atoms with Crippen LogP contribution >= 0.6 is 0 Å². The predicted octanol–water partition coefficient (Wildman–Crippen LogP) is -0.235. The third kappa shape index (κ3) is 4.88. The molecule has 0 aromatic carbocycles. The van der Waals surface area contributed by atoms with Gasteiger partial charge in [0.1, 0.15) is 5.82 Å². The molecule has 1 rings (SSSR count). The molecule has 3 N–H and O–H groups in total. The number of nitrogens with zero attached hydrogens (tertiary/aromatic N) is 2. The van der Waals surface area contributed by atoms with Gasteiger partial charge in [-0.05, 0) is 19.4 Å². The maximum atomic E-state index is 11.6. The molecule has 1 amide bonds. The standard InChI is InChI=1S/C11H18N4O2/c1-8-13-5-3-9(15-8)7-14-11(16)10(12)4-6-17-2/h3,5,10H,4,6-7,12H2,1-2H3,(H,14,16). The Morgan fingerprint density at radius 2 is 2.41 bits per heavy atom. The van der Waals surface area contributed by atoms with Crippen LogP contribution in [0.4, 0.5) is 0 Å². The summed E-state index contributed by atoms with van der Waals surface area (Å²) < 4.78 is 4.86. The Kier molecular flexibility index (Phi) is 5.51. The number of ether oxygens (including phenoxy) is 1. The van der Waals surface area contributed by atoms with Crippen molar-refractivity contribution in [1.29, 1.82) is 0 Å². The van der Waals surface area contributed by atoms with Gasteiger partial charge in [0.25, 0.3) is 0 Å². The third-order valence-corrected chi connectivity index (χ3v) is 2.25. The van der Waals surface area contributed by atoms with E-state index in [1.165, 1.54) is 0 Å². The summed E-state index contributed by atoms with van der Waals surface area (Å²) >= 11 is 0. The van der Waals surface area contributed by atoms with Crippen LogP contribution in [0.5, 0.6) is 0 Å². The van der Waals surface area contributed by atoms with Gasteiger partial charge in [-0.1, -0.05) is 0 Å². The maximum absolute atomic E-state index is 11.6. The van der Waals surface area contributed by atoms with Crippen LogP contribution in [0.3, 0.4) is 0 Å². The molecule has 6 nitrogen and oxygen atoms in total. The van der Waals surface area contributed by atoms with Gasteiger partial charge in [0, 0.05) is 19.9 Å². The van der Waals surface area contributed by atoms with Crippen molar-refractivity contribution >= 4 is 5.91 Å². The third-order valence-electron chi connectivity index (χ3n) is 2.25. The first-order chi connectivity index (χ1) is 8.13. The van der Waals surface area contributed by atoms with Crippen molar-refractivity contribution in [1.82, 2.24) is 15.3 Å². The summed E-state index contributed by atoms with van der Waals surface area (Å²) in [5.74, 6) is 0.485. The Labute approximate surface area is 101 Å². The lowest BCUT2D eigenvalue weighted by molar-refractivity contribution is -0.122. The van der Waals surface area contributed by atoms with Gasteiger partial charge in [-0.25, -0.2) is 9.97 Å². The highest BCUT2D eigenvalue weighted by molar-refractivity contribution is 5.81. The van der Waals surface area contributed by atoms with Crippen LogP contribution in [-0.2, 0) is 16.1 Å². The van der Waals surface area contributed by atoms with E-state index in [0.29, 0.717) is 25.4 Å². The zero-order chi connectivity index (χ0) is 12.7. The van der Waals surface area contributed by atoms with E-state index in [-0.39, 0.29) is 5.91 Å². The smallest absolute Gasteiger partial charge is 0.237 e. The topological polar surface area (TPSA) is 90.1 Å². The Hall–Kier alpha value is -1.53. The van der Waals surface area contributed by atoms with E-state index in [1.54, 1.807) is 26.3 Å². The van der Waals surface area contributed by atoms with E-state index >= 15 is 0 Å². The van der Waals surface area contributed by atoms with Crippen molar-refractivity contribution in [3.63, 3.8) is 0 Å². The summed E-state index contributed by atoms with van der Waals surface area (Å²) in [6.07, 6.45) is 2.17. The van der Waals surface area contributed by atoms with Crippen LogP contribution in [0.25, 0.3) is 0 Å². The first-order valence-corrected chi connectivity index (χ1v) is 5.44. The fourth-order valence-electron chi connectivity index (χ4n) is 1.29. The van der Waals surface area contributed by atoms with Gasteiger partial charge in [-0.2, -0.15) is 0 Å². The largest absolute Gasteiger partial charge is 0.385 e. The number of aryl methyl sites for hydroxylation is 1. The molecule has 0 aliphatic rings. The van der Waals surface area contributed by atoms with Gasteiger partial charge in [0.2, 0.25) is 5.91 Å². The molecule has 94 valence electrons. The average molecular weight is 238 g/mol. The number of carbonyl (C=O) groups excluding carboxylic acids is 1. The van der Waals surface area contributed by atoms with Gasteiger partial charge in [0.15, 0.2) is 0 Å². The normalized spacial score (nSPS) is 12.2. The van der Waals surface area contributed by atoms with Crippen LogP contribution in [0.15, 0.2) is 12.3 Å². The summed E-state index contributed by atoms with van der Waals surface area (Å²) in [5, 5.41) is 2.73. The quantitative estimate of drug-likeness (QED) is 0.714. The lowest BCUT2D eigenvalue weighted by atomic mass is 10.2. The van der Waals surface area contributed by atoms with E-state index in [1.807, 2.05) is 0 Å². The number of aromatic nitrogens is 2. The molecule has 1 heterocycles. The fourth-order valence-corrected chi connectivity index (χ4v) is 1.29. The first-order valence-electron chi connectivity index (χ1n) is 5.44. The van der Waals surface area contributed by atoms with Crippen LogP contribution < -0.4 is 11.1 Å². The number of hydrogen-bond acceptors (Lipinski definition) is 5. The van der Waals surface area contributed by atoms with E-state index < -0.39 is 6.04 Å². The highest BCUT2D eigenvalue weighted by atomic mass is 16.5. The average Bonchev–Trinajstić information content (AvgIpc) is 2.33. The molecule has 0 bridgehead atoms. The lowest BCUT2D eigenvalue weighted by Gasteiger charge is -2.11. The molecule has 0 spiro atoms. The highest BCUT2D eigenvalue weighted by Gasteiger charge is 2.12. The van der Waals surface area contributed by atoms with Crippen LogP contribution in [0.2, 0.25) is 0 Å². The molecule has 0 saturated heterocycles. The summed E-state index contributed by atoms with van der Waals surface area (Å²) in [6.45, 7) is 2.64. The number of nitrogens with one attached hydrogen (secondary N) is 1. The van der Waals surface area contributed by atoms with Gasteiger partial charge >= 0.3 is 0 Å². The van der Waals surface area contributed by atoms with Gasteiger partial charge < -0.3 is 15.8 Å². The molecule has 6 heteroatoms. The summed E-state index contributed by atoms with van der Waals surface area (Å²) in [7, 11) is 1.58. The molecule has 0 radical (unpaired) electrons. The van der Waals surface area contributed by atoms with Crippen molar-refractivity contribution in [2.75, 3.05) is 13.7 Å². The lowest BCUT2D eigenvalue weighted by Crippen LogP contribution is -2.41. The summed E-state index contributed by atoms with van der Waals surface area (Å²) in [4.78, 5) is 19.7. The minimum Gasteiger partial charge on any atom is -0.385 e. The van der Waals surface area contributed by atoms with Crippen molar-refractivity contribution in [2.45, 2.75) is 25.9 Å². The second-order valence-corrected chi connectivity index (χ2v) is 3.70. The first kappa shape index (κ1) is 13.5.